The van der Waals surface area contributed by atoms with Crippen LogP contribution in [0.15, 0.2) is 48.0 Å². The molecule has 0 aliphatic rings. The molecule has 0 radical (unpaired) electrons. The number of carbonyl (C=O) groups is 1. The van der Waals surface area contributed by atoms with Gasteiger partial charge in [0.15, 0.2) is 17.3 Å². The number of non-ortho nitro benzene ring substituents is 1. The maximum atomic E-state index is 12.1. The summed E-state index contributed by atoms with van der Waals surface area (Å²) in [5, 5.41) is 20.0. The minimum atomic E-state index is -0.464. The fourth-order valence-electron chi connectivity index (χ4n) is 2.41. The van der Waals surface area contributed by atoms with Gasteiger partial charge >= 0.3 is 0 Å². The number of carbonyl (C=O) groups excluding carboxylic acids is 1. The lowest BCUT2D eigenvalue weighted by atomic mass is 10.00. The summed E-state index contributed by atoms with van der Waals surface area (Å²) in [6, 6.07) is 13.1. The SMILES string of the molecule is COc1ccc(/C=C(/C#N)C(=O)C(C)C)cc1OCc1ccc([N+](=O)[O-])cc1. The second kappa shape index (κ2) is 9.33. The van der Waals surface area contributed by atoms with Crippen molar-refractivity contribution < 1.29 is 19.2 Å². The third-order valence-corrected chi connectivity index (χ3v) is 3.95. The van der Waals surface area contributed by atoms with Crippen molar-refractivity contribution in [2.24, 2.45) is 5.92 Å². The van der Waals surface area contributed by atoms with E-state index in [4.69, 9.17) is 9.47 Å². The maximum absolute atomic E-state index is 12.1. The summed E-state index contributed by atoms with van der Waals surface area (Å²) in [6.07, 6.45) is 1.51. The summed E-state index contributed by atoms with van der Waals surface area (Å²) in [4.78, 5) is 22.3. The molecule has 0 aliphatic carbocycles. The van der Waals surface area contributed by atoms with Gasteiger partial charge < -0.3 is 9.47 Å². The summed E-state index contributed by atoms with van der Waals surface area (Å²) in [5.74, 6) is 0.422. The van der Waals surface area contributed by atoms with Crippen LogP contribution < -0.4 is 9.47 Å². The Hall–Kier alpha value is -3.66. The number of ether oxygens (including phenoxy) is 2. The number of rotatable bonds is 8. The monoisotopic (exact) mass is 380 g/mol. The molecule has 0 atom stereocenters. The first-order chi connectivity index (χ1) is 13.3. The lowest BCUT2D eigenvalue weighted by molar-refractivity contribution is -0.384. The molecule has 7 nitrogen and oxygen atoms in total. The molecule has 0 N–H and O–H groups in total. The number of nitriles is 1. The number of Topliss-reactive ketones (excluding diaryl/α,β-unsaturated/α-hetero) is 1. The van der Waals surface area contributed by atoms with Gasteiger partial charge in [-0.05, 0) is 41.5 Å². The van der Waals surface area contributed by atoms with E-state index in [9.17, 15) is 20.2 Å². The standard InChI is InChI=1S/C21H20N2O5/c1-14(2)21(24)17(12-22)10-16-6-9-19(27-3)20(11-16)28-13-15-4-7-18(8-5-15)23(25)26/h4-11,14H,13H2,1-3H3/b17-10-. The zero-order valence-corrected chi connectivity index (χ0v) is 15.8. The van der Waals surface area contributed by atoms with Crippen LogP contribution in [0.1, 0.15) is 25.0 Å². The van der Waals surface area contributed by atoms with E-state index < -0.39 is 4.92 Å². The Morgan fingerprint density at radius 3 is 2.43 bits per heavy atom. The van der Waals surface area contributed by atoms with Gasteiger partial charge in [0.2, 0.25) is 0 Å². The zero-order chi connectivity index (χ0) is 20.7. The van der Waals surface area contributed by atoms with E-state index >= 15 is 0 Å². The molecule has 0 aromatic heterocycles. The quantitative estimate of drug-likeness (QED) is 0.292. The maximum Gasteiger partial charge on any atom is 0.269 e. The van der Waals surface area contributed by atoms with Gasteiger partial charge in [0, 0.05) is 18.1 Å². The molecule has 0 fully saturated rings. The van der Waals surface area contributed by atoms with Gasteiger partial charge in [-0.15, -0.1) is 0 Å². The first-order valence-corrected chi connectivity index (χ1v) is 8.56. The highest BCUT2D eigenvalue weighted by molar-refractivity contribution is 6.04. The Morgan fingerprint density at radius 1 is 1.21 bits per heavy atom. The molecule has 28 heavy (non-hydrogen) atoms. The van der Waals surface area contributed by atoms with Crippen LogP contribution in [0.2, 0.25) is 0 Å². The van der Waals surface area contributed by atoms with Crippen molar-refractivity contribution in [3.05, 3.63) is 69.3 Å². The van der Waals surface area contributed by atoms with Crippen molar-refractivity contribution in [2.75, 3.05) is 7.11 Å². The van der Waals surface area contributed by atoms with Crippen LogP contribution in [0.25, 0.3) is 6.08 Å². The molecule has 7 heteroatoms. The summed E-state index contributed by atoms with van der Waals surface area (Å²) < 4.78 is 11.1. The van der Waals surface area contributed by atoms with E-state index in [1.165, 1.54) is 25.3 Å². The zero-order valence-electron chi connectivity index (χ0n) is 15.8. The van der Waals surface area contributed by atoms with Gasteiger partial charge in [-0.3, -0.25) is 14.9 Å². The van der Waals surface area contributed by atoms with E-state index in [1.54, 1.807) is 44.2 Å². The number of methoxy groups -OCH3 is 1. The highest BCUT2D eigenvalue weighted by atomic mass is 16.6. The molecule has 2 aromatic rings. The van der Waals surface area contributed by atoms with Crippen LogP contribution in [0.5, 0.6) is 11.5 Å². The second-order valence-corrected chi connectivity index (χ2v) is 6.31. The van der Waals surface area contributed by atoms with Gasteiger partial charge in [-0.25, -0.2) is 0 Å². The molecule has 0 saturated carbocycles. The minimum Gasteiger partial charge on any atom is -0.493 e. The molecule has 0 amide bonds. The number of ketones is 1. The smallest absolute Gasteiger partial charge is 0.269 e. The number of nitro benzene ring substituents is 1. The molecule has 0 spiro atoms. The number of allylic oxidation sites excluding steroid dienone is 1. The Labute approximate surface area is 163 Å². The average Bonchev–Trinajstić information content (AvgIpc) is 2.70. The fraction of sp³-hybridized carbons (Fsp3) is 0.238. The van der Waals surface area contributed by atoms with E-state index in [1.807, 2.05) is 6.07 Å². The molecule has 0 bridgehead atoms. The number of benzene rings is 2. The Morgan fingerprint density at radius 2 is 1.89 bits per heavy atom. The van der Waals surface area contributed by atoms with Gasteiger partial charge in [0.25, 0.3) is 5.69 Å². The Kier molecular flexibility index (Phi) is 6.88. The second-order valence-electron chi connectivity index (χ2n) is 6.31. The largest absolute Gasteiger partial charge is 0.493 e. The number of hydrogen-bond donors (Lipinski definition) is 0. The lowest BCUT2D eigenvalue weighted by Crippen LogP contribution is -2.08. The van der Waals surface area contributed by atoms with E-state index in [0.717, 1.165) is 5.56 Å². The Bertz CT molecular complexity index is 940. The first-order valence-electron chi connectivity index (χ1n) is 8.56. The minimum absolute atomic E-state index is 0.00678. The molecule has 144 valence electrons. The Balaban J connectivity index is 2.24. The van der Waals surface area contributed by atoms with Gasteiger partial charge in [-0.1, -0.05) is 19.9 Å². The van der Waals surface area contributed by atoms with Crippen molar-refractivity contribution in [1.82, 2.24) is 0 Å². The van der Waals surface area contributed by atoms with Crippen molar-refractivity contribution in [1.29, 1.82) is 5.26 Å². The molecule has 2 rings (SSSR count). The van der Waals surface area contributed by atoms with E-state index in [-0.39, 0.29) is 29.6 Å². The molecule has 0 saturated heterocycles. The average molecular weight is 380 g/mol. The third kappa shape index (κ3) is 5.17. The van der Waals surface area contributed by atoms with Crippen LogP contribution in [-0.2, 0) is 11.4 Å². The molecular weight excluding hydrogens is 360 g/mol. The molecule has 0 aliphatic heterocycles. The topological polar surface area (TPSA) is 102 Å². The van der Waals surface area contributed by atoms with Crippen LogP contribution in [0.4, 0.5) is 5.69 Å². The van der Waals surface area contributed by atoms with Crippen molar-refractivity contribution in [3.63, 3.8) is 0 Å². The van der Waals surface area contributed by atoms with Gasteiger partial charge in [0.05, 0.1) is 17.6 Å². The van der Waals surface area contributed by atoms with Crippen molar-refractivity contribution in [3.8, 4) is 17.6 Å². The highest BCUT2D eigenvalue weighted by Gasteiger charge is 2.14. The lowest BCUT2D eigenvalue weighted by Gasteiger charge is -2.12. The van der Waals surface area contributed by atoms with Gasteiger partial charge in [-0.2, -0.15) is 5.26 Å². The molecular formula is C21H20N2O5. The van der Waals surface area contributed by atoms with Crippen LogP contribution in [-0.4, -0.2) is 17.8 Å². The third-order valence-electron chi connectivity index (χ3n) is 3.95. The summed E-state index contributed by atoms with van der Waals surface area (Å²) in [6.45, 7) is 3.65. The van der Waals surface area contributed by atoms with Crippen LogP contribution in [0, 0.1) is 27.4 Å². The predicted molar refractivity (Wildman–Crippen MR) is 104 cm³/mol. The number of nitro groups is 1. The van der Waals surface area contributed by atoms with Crippen molar-refractivity contribution >= 4 is 17.5 Å². The summed E-state index contributed by atoms with van der Waals surface area (Å²) in [5.41, 5.74) is 1.46. The van der Waals surface area contributed by atoms with E-state index in [0.29, 0.717) is 17.1 Å². The predicted octanol–water partition coefficient (Wildman–Crippen LogP) is 4.31. The first kappa shape index (κ1) is 20.6. The summed E-state index contributed by atoms with van der Waals surface area (Å²) >= 11 is 0. The number of hydrogen-bond acceptors (Lipinski definition) is 6. The fourth-order valence-corrected chi connectivity index (χ4v) is 2.41. The van der Waals surface area contributed by atoms with Crippen molar-refractivity contribution in [2.45, 2.75) is 20.5 Å². The van der Waals surface area contributed by atoms with Gasteiger partial charge in [0.1, 0.15) is 12.7 Å². The normalized spacial score (nSPS) is 11.0. The summed E-state index contributed by atoms with van der Waals surface area (Å²) in [7, 11) is 1.51. The van der Waals surface area contributed by atoms with Crippen LogP contribution >= 0.6 is 0 Å². The highest BCUT2D eigenvalue weighted by Crippen LogP contribution is 2.30. The molecule has 2 aromatic carbocycles. The van der Waals surface area contributed by atoms with E-state index in [2.05, 4.69) is 0 Å². The number of nitrogens with zero attached hydrogens (tertiary/aromatic N) is 2. The van der Waals surface area contributed by atoms with Crippen LogP contribution in [0.3, 0.4) is 0 Å². The molecule has 0 heterocycles. The molecule has 0 unspecified atom stereocenters.